The lowest BCUT2D eigenvalue weighted by molar-refractivity contribution is 0.120. The molecule has 0 aromatic rings. The third-order valence-corrected chi connectivity index (χ3v) is 4.11. The Labute approximate surface area is 98.6 Å². The maximum absolute atomic E-state index is 12.2. The second kappa shape index (κ2) is 5.07. The van der Waals surface area contributed by atoms with Crippen LogP contribution in [0.15, 0.2) is 0 Å². The van der Waals surface area contributed by atoms with Crippen molar-refractivity contribution in [1.82, 2.24) is 10.2 Å². The Hall–Kier alpha value is -0.730. The van der Waals surface area contributed by atoms with Crippen LogP contribution in [0.25, 0.3) is 0 Å². The zero-order chi connectivity index (χ0) is 11.5. The van der Waals surface area contributed by atoms with Crippen LogP contribution < -0.4 is 5.32 Å². The maximum atomic E-state index is 12.2. The zero-order valence-electron chi connectivity index (χ0n) is 10.5. The summed E-state index contributed by atoms with van der Waals surface area (Å²) in [6, 6.07) is 1.43. The van der Waals surface area contributed by atoms with Gasteiger partial charge >= 0.3 is 6.03 Å². The maximum Gasteiger partial charge on any atom is 0.318 e. The van der Waals surface area contributed by atoms with Gasteiger partial charge in [0.1, 0.15) is 0 Å². The Morgan fingerprint density at radius 2 is 1.56 bits per heavy atom. The van der Waals surface area contributed by atoms with Crippen LogP contribution in [0.1, 0.15) is 58.8 Å². The molecule has 3 nitrogen and oxygen atoms in total. The summed E-state index contributed by atoms with van der Waals surface area (Å²) in [6.07, 6.45) is 8.46. The monoisotopic (exact) mass is 224 g/mol. The highest BCUT2D eigenvalue weighted by atomic mass is 16.2. The van der Waals surface area contributed by atoms with Gasteiger partial charge in [-0.1, -0.05) is 12.8 Å². The molecule has 92 valence electrons. The van der Waals surface area contributed by atoms with Crippen LogP contribution >= 0.6 is 0 Å². The Bertz CT molecular complexity index is 238. The first-order chi connectivity index (χ1) is 7.68. The van der Waals surface area contributed by atoms with Crippen molar-refractivity contribution in [3.63, 3.8) is 0 Å². The second-order valence-electron chi connectivity index (χ2n) is 5.47. The molecule has 2 aliphatic rings. The molecule has 0 radical (unpaired) electrons. The summed E-state index contributed by atoms with van der Waals surface area (Å²) in [5.74, 6) is 0. The Morgan fingerprint density at radius 1 is 1.00 bits per heavy atom. The lowest BCUT2D eigenvalue weighted by Gasteiger charge is -2.39. The Balaban J connectivity index is 1.90. The number of hydrogen-bond donors (Lipinski definition) is 1. The van der Waals surface area contributed by atoms with Gasteiger partial charge in [0.05, 0.1) is 0 Å². The highest BCUT2D eigenvalue weighted by Crippen LogP contribution is 2.24. The second-order valence-corrected chi connectivity index (χ2v) is 5.47. The predicted molar refractivity (Wildman–Crippen MR) is 65.4 cm³/mol. The normalized spacial score (nSPS) is 31.8. The van der Waals surface area contributed by atoms with Gasteiger partial charge in [-0.3, -0.25) is 0 Å². The van der Waals surface area contributed by atoms with Crippen LogP contribution in [0.3, 0.4) is 0 Å². The van der Waals surface area contributed by atoms with E-state index in [1.54, 1.807) is 0 Å². The number of carbonyl (C=O) groups excluding carboxylic acids is 1. The molecule has 0 unspecified atom stereocenters. The van der Waals surface area contributed by atoms with Crippen LogP contribution in [0.4, 0.5) is 4.79 Å². The number of hydrogen-bond acceptors (Lipinski definition) is 1. The van der Waals surface area contributed by atoms with Crippen molar-refractivity contribution in [3.8, 4) is 0 Å². The molecule has 1 aliphatic heterocycles. The van der Waals surface area contributed by atoms with Gasteiger partial charge in [-0.05, 0) is 46.0 Å². The van der Waals surface area contributed by atoms with E-state index in [1.807, 2.05) is 0 Å². The van der Waals surface area contributed by atoms with E-state index in [9.17, 15) is 4.79 Å². The van der Waals surface area contributed by atoms with E-state index in [4.69, 9.17) is 0 Å². The highest BCUT2D eigenvalue weighted by molar-refractivity contribution is 5.75. The molecule has 0 aromatic heterocycles. The van der Waals surface area contributed by atoms with Crippen LogP contribution in [-0.4, -0.2) is 29.1 Å². The number of nitrogens with zero attached hydrogens (tertiary/aromatic N) is 1. The van der Waals surface area contributed by atoms with Gasteiger partial charge in [-0.15, -0.1) is 0 Å². The molecule has 2 rings (SSSR count). The van der Waals surface area contributed by atoms with Gasteiger partial charge in [0, 0.05) is 18.1 Å². The summed E-state index contributed by atoms with van der Waals surface area (Å²) in [7, 11) is 0. The number of carbonyl (C=O) groups is 1. The molecule has 1 aliphatic carbocycles. The van der Waals surface area contributed by atoms with E-state index >= 15 is 0 Å². The van der Waals surface area contributed by atoms with E-state index in [2.05, 4.69) is 24.1 Å². The minimum absolute atomic E-state index is 0.173. The van der Waals surface area contributed by atoms with Crippen molar-refractivity contribution in [1.29, 1.82) is 0 Å². The Kier molecular flexibility index (Phi) is 3.72. The summed E-state index contributed by atoms with van der Waals surface area (Å²) in [6.45, 7) is 4.34. The molecule has 3 heteroatoms. The van der Waals surface area contributed by atoms with E-state index in [0.29, 0.717) is 18.1 Å². The van der Waals surface area contributed by atoms with Crippen molar-refractivity contribution in [3.05, 3.63) is 0 Å². The summed E-state index contributed by atoms with van der Waals surface area (Å²) < 4.78 is 0. The SMILES string of the molecule is C[C@H]1CCC[C@H](C)N1C(=O)NC1CCCC1. The van der Waals surface area contributed by atoms with Crippen LogP contribution in [0, 0.1) is 0 Å². The van der Waals surface area contributed by atoms with Gasteiger partial charge in [0.15, 0.2) is 0 Å². The predicted octanol–water partition coefficient (Wildman–Crippen LogP) is 2.90. The standard InChI is InChI=1S/C13H24N2O/c1-10-6-5-7-11(2)15(10)13(16)14-12-8-3-4-9-12/h10-12H,3-9H2,1-2H3,(H,14,16)/t10-,11-/m0/s1. The molecular formula is C13H24N2O. The molecule has 2 atom stereocenters. The lowest BCUT2D eigenvalue weighted by Crippen LogP contribution is -2.53. The molecule has 1 saturated heterocycles. The van der Waals surface area contributed by atoms with Gasteiger partial charge in [-0.2, -0.15) is 0 Å². The van der Waals surface area contributed by atoms with Gasteiger partial charge in [-0.25, -0.2) is 4.79 Å². The number of urea groups is 1. The van der Waals surface area contributed by atoms with Crippen molar-refractivity contribution in [2.24, 2.45) is 0 Å². The average Bonchev–Trinajstić information content (AvgIpc) is 2.70. The zero-order valence-corrected chi connectivity index (χ0v) is 10.5. The lowest BCUT2D eigenvalue weighted by atomic mass is 9.98. The van der Waals surface area contributed by atoms with Crippen LogP contribution in [0.5, 0.6) is 0 Å². The third-order valence-electron chi connectivity index (χ3n) is 4.11. The molecule has 1 saturated carbocycles. The summed E-state index contributed by atoms with van der Waals surface area (Å²) in [5, 5.41) is 3.20. The van der Waals surface area contributed by atoms with Crippen molar-refractivity contribution in [2.45, 2.75) is 76.9 Å². The molecule has 1 N–H and O–H groups in total. The first-order valence-corrected chi connectivity index (χ1v) is 6.77. The Morgan fingerprint density at radius 3 is 2.12 bits per heavy atom. The fourth-order valence-electron chi connectivity index (χ4n) is 3.14. The smallest absolute Gasteiger partial charge is 0.318 e. The summed E-state index contributed by atoms with van der Waals surface area (Å²) in [5.41, 5.74) is 0. The fraction of sp³-hybridized carbons (Fsp3) is 0.923. The largest absolute Gasteiger partial charge is 0.335 e. The first kappa shape index (κ1) is 11.7. The third kappa shape index (κ3) is 2.50. The number of amides is 2. The molecule has 2 fully saturated rings. The number of piperidine rings is 1. The molecule has 1 heterocycles. The topological polar surface area (TPSA) is 32.3 Å². The van der Waals surface area contributed by atoms with Gasteiger partial charge in [0.2, 0.25) is 0 Å². The minimum Gasteiger partial charge on any atom is -0.335 e. The molecule has 0 aromatic carbocycles. The number of nitrogens with one attached hydrogen (secondary N) is 1. The molecule has 16 heavy (non-hydrogen) atoms. The van der Waals surface area contributed by atoms with Gasteiger partial charge < -0.3 is 10.2 Å². The molecular weight excluding hydrogens is 200 g/mol. The summed E-state index contributed by atoms with van der Waals surface area (Å²) >= 11 is 0. The van der Waals surface area contributed by atoms with E-state index < -0.39 is 0 Å². The van der Waals surface area contributed by atoms with E-state index in [1.165, 1.54) is 32.1 Å². The quantitative estimate of drug-likeness (QED) is 0.729. The molecule has 0 spiro atoms. The average molecular weight is 224 g/mol. The fourth-order valence-corrected chi connectivity index (χ4v) is 3.14. The van der Waals surface area contributed by atoms with Gasteiger partial charge in [0.25, 0.3) is 0 Å². The minimum atomic E-state index is 0.173. The van der Waals surface area contributed by atoms with E-state index in [0.717, 1.165) is 12.8 Å². The number of rotatable bonds is 1. The van der Waals surface area contributed by atoms with Crippen molar-refractivity contribution >= 4 is 6.03 Å². The first-order valence-electron chi connectivity index (χ1n) is 6.77. The number of likely N-dealkylation sites (tertiary alicyclic amines) is 1. The highest BCUT2D eigenvalue weighted by Gasteiger charge is 2.30. The van der Waals surface area contributed by atoms with Crippen LogP contribution in [0.2, 0.25) is 0 Å². The van der Waals surface area contributed by atoms with Crippen molar-refractivity contribution in [2.75, 3.05) is 0 Å². The molecule has 2 amide bonds. The van der Waals surface area contributed by atoms with Crippen LogP contribution in [-0.2, 0) is 0 Å². The summed E-state index contributed by atoms with van der Waals surface area (Å²) in [4.78, 5) is 14.2. The van der Waals surface area contributed by atoms with Crippen molar-refractivity contribution < 1.29 is 4.79 Å². The van der Waals surface area contributed by atoms with E-state index in [-0.39, 0.29) is 6.03 Å². The molecule has 0 bridgehead atoms.